The van der Waals surface area contributed by atoms with Crippen LogP contribution in [0.15, 0.2) is 12.2 Å². The molecule has 2 unspecified atom stereocenters. The number of rotatable bonds is 2. The van der Waals surface area contributed by atoms with Gasteiger partial charge in [-0.05, 0) is 12.8 Å². The predicted octanol–water partition coefficient (Wildman–Crippen LogP) is 2.23. The van der Waals surface area contributed by atoms with Crippen LogP contribution in [0, 0.1) is 11.8 Å². The van der Waals surface area contributed by atoms with E-state index in [2.05, 4.69) is 20.4 Å². The van der Waals surface area contributed by atoms with E-state index in [-0.39, 0.29) is 0 Å². The molecule has 0 radical (unpaired) electrons. The summed E-state index contributed by atoms with van der Waals surface area (Å²) in [5, 5.41) is 0. The highest BCUT2D eigenvalue weighted by atomic mass is 16.5. The second-order valence-electron chi connectivity index (χ2n) is 3.51. The molecule has 1 rings (SSSR count). The Morgan fingerprint density at radius 3 is 2.30 bits per heavy atom. The van der Waals surface area contributed by atoms with Gasteiger partial charge < -0.3 is 4.74 Å². The molecule has 1 saturated heterocycles. The zero-order valence-electron chi connectivity index (χ0n) is 7.05. The molecule has 0 aromatic heterocycles. The van der Waals surface area contributed by atoms with Crippen molar-refractivity contribution in [3.05, 3.63) is 12.2 Å². The SMILES string of the molecule is C=C(C)C1OCC1C(C)C. The largest absolute Gasteiger partial charge is 0.373 e. The Labute approximate surface area is 63.1 Å². The monoisotopic (exact) mass is 140 g/mol. The number of hydrogen-bond acceptors (Lipinski definition) is 1. The normalized spacial score (nSPS) is 32.0. The zero-order valence-corrected chi connectivity index (χ0v) is 7.05. The van der Waals surface area contributed by atoms with Crippen molar-refractivity contribution < 1.29 is 4.74 Å². The van der Waals surface area contributed by atoms with Crippen molar-refractivity contribution >= 4 is 0 Å². The van der Waals surface area contributed by atoms with Crippen molar-refractivity contribution in [1.82, 2.24) is 0 Å². The topological polar surface area (TPSA) is 9.23 Å². The first-order valence-electron chi connectivity index (χ1n) is 3.90. The van der Waals surface area contributed by atoms with E-state index in [0.29, 0.717) is 6.10 Å². The molecule has 0 aromatic rings. The second kappa shape index (κ2) is 2.75. The minimum absolute atomic E-state index is 0.347. The molecular formula is C9H16O. The Hall–Kier alpha value is -0.300. The zero-order chi connectivity index (χ0) is 7.72. The lowest BCUT2D eigenvalue weighted by molar-refractivity contribution is -0.110. The molecule has 1 aliphatic rings. The average molecular weight is 140 g/mol. The van der Waals surface area contributed by atoms with Crippen LogP contribution in [0.4, 0.5) is 0 Å². The molecule has 0 aromatic carbocycles. The molecule has 1 aliphatic heterocycles. The Morgan fingerprint density at radius 2 is 2.20 bits per heavy atom. The third kappa shape index (κ3) is 1.24. The van der Waals surface area contributed by atoms with Crippen LogP contribution in [0.25, 0.3) is 0 Å². The van der Waals surface area contributed by atoms with Crippen LogP contribution in [-0.4, -0.2) is 12.7 Å². The summed E-state index contributed by atoms with van der Waals surface area (Å²) < 4.78 is 5.37. The molecule has 10 heavy (non-hydrogen) atoms. The summed E-state index contributed by atoms with van der Waals surface area (Å²) in [6.45, 7) is 11.3. The fourth-order valence-electron chi connectivity index (χ4n) is 1.35. The maximum atomic E-state index is 5.37. The molecule has 0 saturated carbocycles. The van der Waals surface area contributed by atoms with Crippen molar-refractivity contribution in [3.8, 4) is 0 Å². The van der Waals surface area contributed by atoms with Crippen LogP contribution in [0.2, 0.25) is 0 Å². The molecule has 1 fully saturated rings. The Kier molecular flexibility index (Phi) is 2.14. The van der Waals surface area contributed by atoms with E-state index in [1.54, 1.807) is 0 Å². The van der Waals surface area contributed by atoms with Gasteiger partial charge in [-0.15, -0.1) is 0 Å². The van der Waals surface area contributed by atoms with Gasteiger partial charge in [0.2, 0.25) is 0 Å². The second-order valence-corrected chi connectivity index (χ2v) is 3.51. The smallest absolute Gasteiger partial charge is 0.0832 e. The van der Waals surface area contributed by atoms with Crippen molar-refractivity contribution in [2.75, 3.05) is 6.61 Å². The molecule has 0 spiro atoms. The quantitative estimate of drug-likeness (QED) is 0.534. The Morgan fingerprint density at radius 1 is 1.60 bits per heavy atom. The van der Waals surface area contributed by atoms with E-state index in [1.807, 2.05) is 6.92 Å². The first-order chi connectivity index (χ1) is 4.63. The predicted molar refractivity (Wildman–Crippen MR) is 42.9 cm³/mol. The summed E-state index contributed by atoms with van der Waals surface area (Å²) >= 11 is 0. The highest BCUT2D eigenvalue weighted by molar-refractivity contribution is 5.05. The lowest BCUT2D eigenvalue weighted by atomic mass is 9.84. The molecule has 1 nitrogen and oxygen atoms in total. The van der Waals surface area contributed by atoms with Gasteiger partial charge in [0, 0.05) is 5.92 Å². The molecule has 1 heterocycles. The van der Waals surface area contributed by atoms with Crippen LogP contribution in [0.5, 0.6) is 0 Å². The van der Waals surface area contributed by atoms with Crippen LogP contribution < -0.4 is 0 Å². The highest BCUT2D eigenvalue weighted by Crippen LogP contribution is 2.31. The Bertz CT molecular complexity index is 138. The maximum absolute atomic E-state index is 5.37. The van der Waals surface area contributed by atoms with Gasteiger partial charge in [0.1, 0.15) is 0 Å². The average Bonchev–Trinajstić information content (AvgIpc) is 1.56. The molecular weight excluding hydrogens is 124 g/mol. The van der Waals surface area contributed by atoms with Gasteiger partial charge in [-0.1, -0.05) is 26.0 Å². The van der Waals surface area contributed by atoms with Crippen molar-refractivity contribution in [3.63, 3.8) is 0 Å². The first-order valence-corrected chi connectivity index (χ1v) is 3.90. The summed E-state index contributed by atoms with van der Waals surface area (Å²) in [7, 11) is 0. The molecule has 0 aliphatic carbocycles. The molecule has 1 heteroatoms. The Balaban J connectivity index is 2.43. The van der Waals surface area contributed by atoms with Gasteiger partial charge in [0.25, 0.3) is 0 Å². The van der Waals surface area contributed by atoms with E-state index in [1.165, 1.54) is 5.57 Å². The third-order valence-electron chi connectivity index (χ3n) is 2.20. The minimum atomic E-state index is 0.347. The van der Waals surface area contributed by atoms with Crippen LogP contribution in [0.3, 0.4) is 0 Å². The van der Waals surface area contributed by atoms with Gasteiger partial charge >= 0.3 is 0 Å². The van der Waals surface area contributed by atoms with Crippen LogP contribution in [-0.2, 0) is 4.74 Å². The molecule has 0 N–H and O–H groups in total. The number of ether oxygens (including phenoxy) is 1. The van der Waals surface area contributed by atoms with E-state index in [0.717, 1.165) is 18.4 Å². The first kappa shape index (κ1) is 7.80. The maximum Gasteiger partial charge on any atom is 0.0832 e. The summed E-state index contributed by atoms with van der Waals surface area (Å²) in [5.41, 5.74) is 1.17. The van der Waals surface area contributed by atoms with Gasteiger partial charge in [-0.2, -0.15) is 0 Å². The van der Waals surface area contributed by atoms with E-state index >= 15 is 0 Å². The lowest BCUT2D eigenvalue weighted by Gasteiger charge is -2.39. The third-order valence-corrected chi connectivity index (χ3v) is 2.20. The standard InChI is InChI=1S/C9H16O/c1-6(2)8-5-10-9(8)7(3)4/h6,8-9H,3,5H2,1-2,4H3. The summed E-state index contributed by atoms with van der Waals surface area (Å²) in [5.74, 6) is 1.45. The number of hydrogen-bond donors (Lipinski definition) is 0. The van der Waals surface area contributed by atoms with Crippen molar-refractivity contribution in [2.24, 2.45) is 11.8 Å². The van der Waals surface area contributed by atoms with Crippen molar-refractivity contribution in [2.45, 2.75) is 26.9 Å². The van der Waals surface area contributed by atoms with E-state index < -0.39 is 0 Å². The highest BCUT2D eigenvalue weighted by Gasteiger charge is 2.34. The van der Waals surface area contributed by atoms with Gasteiger partial charge in [0.15, 0.2) is 0 Å². The van der Waals surface area contributed by atoms with Gasteiger partial charge in [0.05, 0.1) is 12.7 Å². The van der Waals surface area contributed by atoms with Gasteiger partial charge in [-0.3, -0.25) is 0 Å². The summed E-state index contributed by atoms with van der Waals surface area (Å²) in [6, 6.07) is 0. The molecule has 2 atom stereocenters. The lowest BCUT2D eigenvalue weighted by Crippen LogP contribution is -2.43. The fraction of sp³-hybridized carbons (Fsp3) is 0.778. The van der Waals surface area contributed by atoms with E-state index in [4.69, 9.17) is 4.74 Å². The van der Waals surface area contributed by atoms with Crippen LogP contribution in [0.1, 0.15) is 20.8 Å². The van der Waals surface area contributed by atoms with Gasteiger partial charge in [-0.25, -0.2) is 0 Å². The molecule has 0 bridgehead atoms. The summed E-state index contributed by atoms with van der Waals surface area (Å²) in [6.07, 6.45) is 0.347. The fourth-order valence-corrected chi connectivity index (χ4v) is 1.35. The minimum Gasteiger partial charge on any atom is -0.373 e. The van der Waals surface area contributed by atoms with Crippen molar-refractivity contribution in [1.29, 1.82) is 0 Å². The molecule has 58 valence electrons. The van der Waals surface area contributed by atoms with Crippen LogP contribution >= 0.6 is 0 Å². The summed E-state index contributed by atoms with van der Waals surface area (Å²) in [4.78, 5) is 0. The molecule has 0 amide bonds. The van der Waals surface area contributed by atoms with E-state index in [9.17, 15) is 0 Å².